The molecule has 1 aromatic rings. The Labute approximate surface area is 113 Å². The standard InChI is InChI=1S/C14H20N2OS/c1-14(2,3)9-13(17)16-10-12-7-6-11(18-12)5-4-8-15/h6-7H,8-10,15H2,1-3H3,(H,16,17). The topological polar surface area (TPSA) is 55.1 Å². The SMILES string of the molecule is CC(C)(C)CC(=O)NCc1ccc(C#CCN)s1. The third kappa shape index (κ3) is 5.85. The van der Waals surface area contributed by atoms with Crippen molar-refractivity contribution in [2.45, 2.75) is 33.7 Å². The quantitative estimate of drug-likeness (QED) is 0.822. The van der Waals surface area contributed by atoms with E-state index in [1.54, 1.807) is 11.3 Å². The molecule has 0 aliphatic carbocycles. The number of nitrogens with two attached hydrogens (primary N) is 1. The molecule has 0 fully saturated rings. The molecule has 18 heavy (non-hydrogen) atoms. The zero-order valence-electron chi connectivity index (χ0n) is 11.2. The van der Waals surface area contributed by atoms with Crippen LogP contribution in [0.2, 0.25) is 0 Å². The van der Waals surface area contributed by atoms with Gasteiger partial charge in [-0.05, 0) is 17.5 Å². The third-order valence-electron chi connectivity index (χ3n) is 2.13. The van der Waals surface area contributed by atoms with Gasteiger partial charge in [0.15, 0.2) is 0 Å². The molecule has 1 aromatic heterocycles. The highest BCUT2D eigenvalue weighted by Crippen LogP contribution is 2.19. The first kappa shape index (κ1) is 14.7. The van der Waals surface area contributed by atoms with Crippen LogP contribution in [0.25, 0.3) is 0 Å². The Morgan fingerprint density at radius 3 is 2.78 bits per heavy atom. The molecule has 0 unspecified atom stereocenters. The summed E-state index contributed by atoms with van der Waals surface area (Å²) >= 11 is 1.59. The molecular weight excluding hydrogens is 244 g/mol. The fraction of sp³-hybridized carbons (Fsp3) is 0.500. The Balaban J connectivity index is 2.44. The van der Waals surface area contributed by atoms with Gasteiger partial charge in [0.05, 0.1) is 18.0 Å². The lowest BCUT2D eigenvalue weighted by Crippen LogP contribution is -2.26. The second kappa shape index (κ2) is 6.58. The Hall–Kier alpha value is -1.31. The van der Waals surface area contributed by atoms with Crippen molar-refractivity contribution in [3.8, 4) is 11.8 Å². The normalized spacial score (nSPS) is 10.7. The molecule has 1 amide bonds. The Kier molecular flexibility index (Phi) is 5.39. The van der Waals surface area contributed by atoms with E-state index in [9.17, 15) is 4.79 Å². The summed E-state index contributed by atoms with van der Waals surface area (Å²) < 4.78 is 0. The summed E-state index contributed by atoms with van der Waals surface area (Å²) in [6, 6.07) is 3.95. The van der Waals surface area contributed by atoms with Crippen molar-refractivity contribution >= 4 is 17.2 Å². The minimum absolute atomic E-state index is 0.0251. The molecule has 0 saturated heterocycles. The molecule has 0 bridgehead atoms. The molecule has 0 aliphatic heterocycles. The van der Waals surface area contributed by atoms with Crippen molar-refractivity contribution in [3.63, 3.8) is 0 Å². The third-order valence-corrected chi connectivity index (χ3v) is 3.13. The van der Waals surface area contributed by atoms with Crippen LogP contribution in [0.5, 0.6) is 0 Å². The molecule has 3 nitrogen and oxygen atoms in total. The van der Waals surface area contributed by atoms with E-state index in [-0.39, 0.29) is 11.3 Å². The van der Waals surface area contributed by atoms with Gasteiger partial charge in [-0.1, -0.05) is 32.6 Å². The number of amides is 1. The van der Waals surface area contributed by atoms with E-state index in [1.807, 2.05) is 12.1 Å². The van der Waals surface area contributed by atoms with Crippen LogP contribution in [-0.2, 0) is 11.3 Å². The van der Waals surface area contributed by atoms with Gasteiger partial charge in [0.1, 0.15) is 0 Å². The molecule has 0 spiro atoms. The van der Waals surface area contributed by atoms with Gasteiger partial charge >= 0.3 is 0 Å². The minimum atomic E-state index is 0.0251. The van der Waals surface area contributed by atoms with Crippen LogP contribution >= 0.6 is 11.3 Å². The van der Waals surface area contributed by atoms with Crippen LogP contribution in [0.3, 0.4) is 0 Å². The first-order chi connectivity index (χ1) is 8.40. The second-order valence-electron chi connectivity index (χ2n) is 5.29. The van der Waals surface area contributed by atoms with Gasteiger partial charge < -0.3 is 11.1 Å². The van der Waals surface area contributed by atoms with Crippen LogP contribution in [0.4, 0.5) is 0 Å². The molecule has 0 aromatic carbocycles. The lowest BCUT2D eigenvalue weighted by molar-refractivity contribution is -0.122. The molecular formula is C14H20N2OS. The lowest BCUT2D eigenvalue weighted by Gasteiger charge is -2.16. The number of nitrogens with one attached hydrogen (secondary N) is 1. The maximum atomic E-state index is 11.7. The molecule has 1 rings (SSSR count). The van der Waals surface area contributed by atoms with E-state index >= 15 is 0 Å². The highest BCUT2D eigenvalue weighted by Gasteiger charge is 2.15. The maximum absolute atomic E-state index is 11.7. The number of hydrogen-bond acceptors (Lipinski definition) is 3. The largest absolute Gasteiger partial charge is 0.351 e. The van der Waals surface area contributed by atoms with Crippen LogP contribution < -0.4 is 11.1 Å². The Morgan fingerprint density at radius 1 is 1.44 bits per heavy atom. The predicted molar refractivity (Wildman–Crippen MR) is 76.2 cm³/mol. The van der Waals surface area contributed by atoms with Crippen LogP contribution in [0, 0.1) is 17.3 Å². The van der Waals surface area contributed by atoms with Crippen molar-refractivity contribution in [1.29, 1.82) is 0 Å². The van der Waals surface area contributed by atoms with Crippen molar-refractivity contribution in [2.24, 2.45) is 11.1 Å². The highest BCUT2D eigenvalue weighted by atomic mass is 32.1. The van der Waals surface area contributed by atoms with Gasteiger partial charge in [-0.3, -0.25) is 4.79 Å². The number of carbonyl (C=O) groups is 1. The molecule has 0 atom stereocenters. The predicted octanol–water partition coefficient (Wildman–Crippen LogP) is 2.11. The van der Waals surface area contributed by atoms with Crippen molar-refractivity contribution in [1.82, 2.24) is 5.32 Å². The van der Waals surface area contributed by atoms with E-state index in [0.717, 1.165) is 9.75 Å². The summed E-state index contributed by atoms with van der Waals surface area (Å²) in [6.45, 7) is 7.11. The molecule has 4 heteroatoms. The molecule has 0 saturated carbocycles. The lowest BCUT2D eigenvalue weighted by atomic mass is 9.92. The molecule has 0 radical (unpaired) electrons. The van der Waals surface area contributed by atoms with Crippen LogP contribution in [0.15, 0.2) is 12.1 Å². The second-order valence-corrected chi connectivity index (χ2v) is 6.45. The van der Waals surface area contributed by atoms with Gasteiger partial charge in [-0.15, -0.1) is 11.3 Å². The van der Waals surface area contributed by atoms with E-state index in [4.69, 9.17) is 5.73 Å². The molecule has 3 N–H and O–H groups in total. The van der Waals surface area contributed by atoms with E-state index in [1.165, 1.54) is 0 Å². The summed E-state index contributed by atoms with van der Waals surface area (Å²) in [7, 11) is 0. The van der Waals surface area contributed by atoms with Gasteiger partial charge in [-0.25, -0.2) is 0 Å². The van der Waals surface area contributed by atoms with Crippen molar-refractivity contribution < 1.29 is 4.79 Å². The first-order valence-corrected chi connectivity index (χ1v) is 6.77. The zero-order chi connectivity index (χ0) is 13.6. The van der Waals surface area contributed by atoms with Crippen molar-refractivity contribution in [2.75, 3.05) is 6.54 Å². The average molecular weight is 264 g/mol. The fourth-order valence-electron chi connectivity index (χ4n) is 1.41. The minimum Gasteiger partial charge on any atom is -0.351 e. The fourth-order valence-corrected chi connectivity index (χ4v) is 2.23. The molecule has 1 heterocycles. The monoisotopic (exact) mass is 264 g/mol. The van der Waals surface area contributed by atoms with Gasteiger partial charge in [0, 0.05) is 11.3 Å². The number of hydrogen-bond donors (Lipinski definition) is 2. The smallest absolute Gasteiger partial charge is 0.220 e. The van der Waals surface area contributed by atoms with Crippen molar-refractivity contribution in [3.05, 3.63) is 21.9 Å². The van der Waals surface area contributed by atoms with Crippen LogP contribution in [-0.4, -0.2) is 12.5 Å². The Bertz CT molecular complexity index is 460. The summed E-state index contributed by atoms with van der Waals surface area (Å²) in [5.74, 6) is 5.88. The van der Waals surface area contributed by atoms with Crippen LogP contribution in [0.1, 0.15) is 36.9 Å². The summed E-state index contributed by atoms with van der Waals surface area (Å²) in [6.07, 6.45) is 0.540. The van der Waals surface area contributed by atoms with E-state index < -0.39 is 0 Å². The van der Waals surface area contributed by atoms with E-state index in [0.29, 0.717) is 19.5 Å². The maximum Gasteiger partial charge on any atom is 0.220 e. The summed E-state index contributed by atoms with van der Waals surface area (Å²) in [5, 5.41) is 2.92. The first-order valence-electron chi connectivity index (χ1n) is 5.95. The van der Waals surface area contributed by atoms with Gasteiger partial charge in [0.2, 0.25) is 5.91 Å². The summed E-state index contributed by atoms with van der Waals surface area (Å²) in [4.78, 5) is 13.8. The zero-order valence-corrected chi connectivity index (χ0v) is 12.0. The molecule has 0 aliphatic rings. The highest BCUT2D eigenvalue weighted by molar-refractivity contribution is 7.12. The number of carbonyl (C=O) groups excluding carboxylic acids is 1. The van der Waals surface area contributed by atoms with Gasteiger partial charge in [-0.2, -0.15) is 0 Å². The van der Waals surface area contributed by atoms with E-state index in [2.05, 4.69) is 37.9 Å². The average Bonchev–Trinajstić information content (AvgIpc) is 2.69. The van der Waals surface area contributed by atoms with Gasteiger partial charge in [0.25, 0.3) is 0 Å². The summed E-state index contributed by atoms with van der Waals surface area (Å²) in [5.41, 5.74) is 5.34. The Morgan fingerprint density at radius 2 is 2.17 bits per heavy atom. The molecule has 98 valence electrons. The number of rotatable bonds is 3. The number of thiophene rings is 1.